The Balaban J connectivity index is 2.89. The number of anilines is 1. The zero-order valence-corrected chi connectivity index (χ0v) is 14.3. The van der Waals surface area contributed by atoms with Gasteiger partial charge in [-0.3, -0.25) is 4.79 Å². The second kappa shape index (κ2) is 10.6. The van der Waals surface area contributed by atoms with Crippen LogP contribution in [0.15, 0.2) is 42.5 Å². The lowest BCUT2D eigenvalue weighted by molar-refractivity contribution is -0.117. The van der Waals surface area contributed by atoms with Crippen molar-refractivity contribution in [2.45, 2.75) is 19.4 Å². The van der Waals surface area contributed by atoms with Crippen LogP contribution in [0.5, 0.6) is 0 Å². The maximum atomic E-state index is 11.9. The van der Waals surface area contributed by atoms with Gasteiger partial charge in [0.2, 0.25) is 0 Å². The number of nitrogens with zero attached hydrogens (tertiary/aromatic N) is 3. The molecular formula is C19H22N4O2. The van der Waals surface area contributed by atoms with Crippen LogP contribution in [0.25, 0.3) is 6.08 Å². The molecule has 0 aromatic heterocycles. The molecule has 6 nitrogen and oxygen atoms in total. The van der Waals surface area contributed by atoms with Crippen LogP contribution in [0.4, 0.5) is 5.69 Å². The van der Waals surface area contributed by atoms with Gasteiger partial charge in [-0.1, -0.05) is 18.2 Å². The summed E-state index contributed by atoms with van der Waals surface area (Å²) in [6.07, 6.45) is 3.00. The summed E-state index contributed by atoms with van der Waals surface area (Å²) in [6.45, 7) is 6.59. The molecule has 1 unspecified atom stereocenters. The summed E-state index contributed by atoms with van der Waals surface area (Å²) in [7, 11) is 0. The number of aliphatic hydroxyl groups is 1. The van der Waals surface area contributed by atoms with E-state index in [9.17, 15) is 9.90 Å². The first kappa shape index (κ1) is 20.0. The first-order valence-electron chi connectivity index (χ1n) is 7.92. The Kier molecular flexibility index (Phi) is 8.49. The number of rotatable bonds is 9. The molecule has 0 fully saturated rings. The predicted octanol–water partition coefficient (Wildman–Crippen LogP) is 2.00. The molecule has 2 N–H and O–H groups in total. The van der Waals surface area contributed by atoms with Crippen LogP contribution in [0.2, 0.25) is 0 Å². The molecule has 25 heavy (non-hydrogen) atoms. The molecule has 1 atom stereocenters. The number of hydrogen-bond acceptors (Lipinski definition) is 5. The van der Waals surface area contributed by atoms with Crippen LogP contribution >= 0.6 is 0 Å². The van der Waals surface area contributed by atoms with Crippen molar-refractivity contribution >= 4 is 17.7 Å². The molecule has 1 amide bonds. The lowest BCUT2D eigenvalue weighted by atomic mass is 10.1. The molecule has 1 aromatic rings. The van der Waals surface area contributed by atoms with Crippen LogP contribution in [0, 0.1) is 22.7 Å². The minimum atomic E-state index is -0.674. The highest BCUT2D eigenvalue weighted by Crippen LogP contribution is 2.17. The molecule has 0 spiro atoms. The molecule has 0 bridgehead atoms. The molecule has 1 aromatic carbocycles. The van der Waals surface area contributed by atoms with Crippen LogP contribution in [-0.2, 0) is 4.79 Å². The number of nitriles is 2. The molecular weight excluding hydrogens is 316 g/mol. The summed E-state index contributed by atoms with van der Waals surface area (Å²) in [5.74, 6) is -0.519. The molecule has 0 radical (unpaired) electrons. The third-order valence-electron chi connectivity index (χ3n) is 3.34. The van der Waals surface area contributed by atoms with Crippen LogP contribution in [-0.4, -0.2) is 36.8 Å². The number of carbonyl (C=O) groups excluding carboxylic acids is 1. The Bertz CT molecular complexity index is 694. The van der Waals surface area contributed by atoms with Gasteiger partial charge < -0.3 is 15.3 Å². The van der Waals surface area contributed by atoms with E-state index in [-0.39, 0.29) is 12.1 Å². The fourth-order valence-corrected chi connectivity index (χ4v) is 2.10. The fourth-order valence-electron chi connectivity index (χ4n) is 2.10. The van der Waals surface area contributed by atoms with Gasteiger partial charge in [0.25, 0.3) is 5.91 Å². The fraction of sp³-hybridized carbons (Fsp3) is 0.316. The summed E-state index contributed by atoms with van der Waals surface area (Å²) in [5, 5.41) is 29.6. The molecule has 6 heteroatoms. The van der Waals surface area contributed by atoms with Gasteiger partial charge in [0, 0.05) is 25.3 Å². The van der Waals surface area contributed by atoms with E-state index in [4.69, 9.17) is 10.5 Å². The molecule has 0 saturated carbocycles. The lowest BCUT2D eigenvalue weighted by Gasteiger charge is -2.22. The van der Waals surface area contributed by atoms with Crippen molar-refractivity contribution in [3.63, 3.8) is 0 Å². The molecule has 0 aliphatic carbocycles. The van der Waals surface area contributed by atoms with E-state index in [1.807, 2.05) is 23.1 Å². The van der Waals surface area contributed by atoms with Crippen LogP contribution in [0.3, 0.4) is 0 Å². The molecule has 0 aliphatic rings. The van der Waals surface area contributed by atoms with Gasteiger partial charge in [-0.2, -0.15) is 10.5 Å². The highest BCUT2D eigenvalue weighted by molar-refractivity contribution is 6.01. The third kappa shape index (κ3) is 6.90. The largest absolute Gasteiger partial charge is 0.392 e. The van der Waals surface area contributed by atoms with Crippen LogP contribution < -0.4 is 10.2 Å². The highest BCUT2D eigenvalue weighted by Gasteiger charge is 2.10. The first-order chi connectivity index (χ1) is 12.0. The van der Waals surface area contributed by atoms with E-state index in [0.717, 1.165) is 5.69 Å². The van der Waals surface area contributed by atoms with Crippen molar-refractivity contribution in [1.29, 1.82) is 10.5 Å². The normalized spacial score (nSPS) is 11.8. The summed E-state index contributed by atoms with van der Waals surface area (Å²) in [4.78, 5) is 13.9. The second-order valence-corrected chi connectivity index (χ2v) is 5.46. The molecule has 0 aliphatic heterocycles. The number of carbonyl (C=O) groups is 1. The Morgan fingerprint density at radius 1 is 1.40 bits per heavy atom. The second-order valence-electron chi connectivity index (χ2n) is 5.46. The monoisotopic (exact) mass is 338 g/mol. The topological polar surface area (TPSA) is 100 Å². The van der Waals surface area contributed by atoms with E-state index in [1.54, 1.807) is 25.1 Å². The maximum Gasteiger partial charge on any atom is 0.262 e. The number of benzene rings is 1. The standard InChI is InChI=1S/C19H22N4O2/c1-3-10-23(11-4-9-20)18-7-5-16(6-8-18)12-17(13-21)19(25)22-14-15(2)24/h3,5-8,12,15,24H,1,4,10-11,14H2,2H3,(H,22,25)/b17-12+. The molecule has 1 rings (SSSR count). The number of hydrogen-bond donors (Lipinski definition) is 2. The highest BCUT2D eigenvalue weighted by atomic mass is 16.3. The Labute approximate surface area is 148 Å². The average molecular weight is 338 g/mol. The van der Waals surface area contributed by atoms with Crippen molar-refractivity contribution in [2.24, 2.45) is 0 Å². The van der Waals surface area contributed by atoms with Crippen molar-refractivity contribution in [3.05, 3.63) is 48.1 Å². The molecule has 0 heterocycles. The summed E-state index contributed by atoms with van der Waals surface area (Å²) in [5.41, 5.74) is 1.62. The van der Waals surface area contributed by atoms with E-state index in [0.29, 0.717) is 25.1 Å². The Morgan fingerprint density at radius 3 is 2.60 bits per heavy atom. The van der Waals surface area contributed by atoms with Crippen molar-refractivity contribution in [1.82, 2.24) is 5.32 Å². The van der Waals surface area contributed by atoms with E-state index in [2.05, 4.69) is 18.0 Å². The smallest absolute Gasteiger partial charge is 0.262 e. The summed E-state index contributed by atoms with van der Waals surface area (Å²) < 4.78 is 0. The van der Waals surface area contributed by atoms with E-state index in [1.165, 1.54) is 6.08 Å². The lowest BCUT2D eigenvalue weighted by Crippen LogP contribution is -2.31. The number of aliphatic hydroxyl groups excluding tert-OH is 1. The Morgan fingerprint density at radius 2 is 2.08 bits per heavy atom. The minimum Gasteiger partial charge on any atom is -0.392 e. The van der Waals surface area contributed by atoms with Crippen molar-refractivity contribution < 1.29 is 9.90 Å². The molecule has 0 saturated heterocycles. The zero-order chi connectivity index (χ0) is 18.7. The quantitative estimate of drug-likeness (QED) is 0.407. The van der Waals surface area contributed by atoms with Gasteiger partial charge in [0.1, 0.15) is 11.6 Å². The van der Waals surface area contributed by atoms with Crippen LogP contribution in [0.1, 0.15) is 18.9 Å². The maximum absolute atomic E-state index is 11.9. The SMILES string of the molecule is C=CCN(CCC#N)c1ccc(/C=C(\C#N)C(=O)NCC(C)O)cc1. The predicted molar refractivity (Wildman–Crippen MR) is 97.4 cm³/mol. The van der Waals surface area contributed by atoms with Crippen molar-refractivity contribution in [3.8, 4) is 12.1 Å². The van der Waals surface area contributed by atoms with Crippen molar-refractivity contribution in [2.75, 3.05) is 24.5 Å². The van der Waals surface area contributed by atoms with E-state index < -0.39 is 12.0 Å². The summed E-state index contributed by atoms with van der Waals surface area (Å²) in [6, 6.07) is 11.3. The minimum absolute atomic E-state index is 0.0270. The average Bonchev–Trinajstić information content (AvgIpc) is 2.61. The zero-order valence-electron chi connectivity index (χ0n) is 14.3. The van der Waals surface area contributed by atoms with Gasteiger partial charge in [0.15, 0.2) is 0 Å². The van der Waals surface area contributed by atoms with Gasteiger partial charge in [-0.25, -0.2) is 0 Å². The van der Waals surface area contributed by atoms with Gasteiger partial charge >= 0.3 is 0 Å². The van der Waals surface area contributed by atoms with Gasteiger partial charge in [-0.15, -0.1) is 6.58 Å². The Hall–Kier alpha value is -3.09. The first-order valence-corrected chi connectivity index (χ1v) is 7.92. The third-order valence-corrected chi connectivity index (χ3v) is 3.34. The van der Waals surface area contributed by atoms with Gasteiger partial charge in [0.05, 0.1) is 18.6 Å². The van der Waals surface area contributed by atoms with E-state index >= 15 is 0 Å². The van der Waals surface area contributed by atoms with Gasteiger partial charge in [-0.05, 0) is 30.7 Å². The summed E-state index contributed by atoms with van der Waals surface area (Å²) >= 11 is 0. The number of nitrogens with one attached hydrogen (secondary N) is 1. The molecule has 130 valence electrons. The number of amides is 1.